The van der Waals surface area contributed by atoms with Crippen LogP contribution in [0.5, 0.6) is 5.75 Å². The average molecular weight is 392 g/mol. The van der Waals surface area contributed by atoms with E-state index in [4.69, 9.17) is 4.74 Å². The van der Waals surface area contributed by atoms with Crippen molar-refractivity contribution in [2.24, 2.45) is 0 Å². The van der Waals surface area contributed by atoms with Crippen molar-refractivity contribution in [2.45, 2.75) is 4.90 Å². The molecule has 0 aliphatic carbocycles. The second kappa shape index (κ2) is 9.62. The summed E-state index contributed by atoms with van der Waals surface area (Å²) in [5.41, 5.74) is 1.76. The molecule has 0 unspecified atom stereocenters. The SMILES string of the molecule is CSc1cccc(NC(=O)COc2ccccc2C(=O)Nc2ccccc2)c1. The van der Waals surface area contributed by atoms with Gasteiger partial charge in [-0.2, -0.15) is 0 Å². The Kier molecular flexibility index (Phi) is 6.70. The fourth-order valence-electron chi connectivity index (χ4n) is 2.54. The molecule has 3 rings (SSSR count). The monoisotopic (exact) mass is 392 g/mol. The Morgan fingerprint density at radius 1 is 0.857 bits per heavy atom. The number of anilines is 2. The van der Waals surface area contributed by atoms with E-state index in [9.17, 15) is 9.59 Å². The van der Waals surface area contributed by atoms with Gasteiger partial charge < -0.3 is 15.4 Å². The molecule has 0 atom stereocenters. The number of rotatable bonds is 7. The van der Waals surface area contributed by atoms with Crippen LogP contribution in [-0.2, 0) is 4.79 Å². The summed E-state index contributed by atoms with van der Waals surface area (Å²) in [6.45, 7) is -0.195. The van der Waals surface area contributed by atoms with Crippen LogP contribution in [0.25, 0.3) is 0 Å². The van der Waals surface area contributed by atoms with Crippen molar-refractivity contribution in [1.29, 1.82) is 0 Å². The van der Waals surface area contributed by atoms with Crippen LogP contribution < -0.4 is 15.4 Å². The molecule has 0 fully saturated rings. The standard InChI is InChI=1S/C22H20N2O3S/c1-28-18-11-7-10-17(14-18)23-21(25)15-27-20-13-6-5-12-19(20)22(26)24-16-8-3-2-4-9-16/h2-14H,15H2,1H3,(H,23,25)(H,24,26). The average Bonchev–Trinajstić information content (AvgIpc) is 2.73. The molecule has 2 amide bonds. The predicted octanol–water partition coefficient (Wildman–Crippen LogP) is 4.68. The first-order valence-corrected chi connectivity index (χ1v) is 9.90. The number of benzene rings is 3. The molecule has 0 aromatic heterocycles. The van der Waals surface area contributed by atoms with Gasteiger partial charge >= 0.3 is 0 Å². The minimum atomic E-state index is -0.296. The Balaban J connectivity index is 1.63. The van der Waals surface area contributed by atoms with Gasteiger partial charge in [-0.1, -0.05) is 36.4 Å². The summed E-state index contributed by atoms with van der Waals surface area (Å²) in [5.74, 6) is -0.240. The molecular formula is C22H20N2O3S. The quantitative estimate of drug-likeness (QED) is 0.573. The Bertz CT molecular complexity index is 961. The maximum Gasteiger partial charge on any atom is 0.262 e. The lowest BCUT2D eigenvalue weighted by atomic mass is 10.2. The van der Waals surface area contributed by atoms with Crippen molar-refractivity contribution in [3.63, 3.8) is 0 Å². The maximum atomic E-state index is 12.5. The van der Waals surface area contributed by atoms with Gasteiger partial charge in [0.2, 0.25) is 0 Å². The van der Waals surface area contributed by atoms with Crippen molar-refractivity contribution in [3.05, 3.63) is 84.4 Å². The van der Waals surface area contributed by atoms with Crippen molar-refractivity contribution in [1.82, 2.24) is 0 Å². The van der Waals surface area contributed by atoms with E-state index in [0.29, 0.717) is 22.7 Å². The normalized spacial score (nSPS) is 10.2. The first-order valence-electron chi connectivity index (χ1n) is 8.68. The minimum absolute atomic E-state index is 0.195. The van der Waals surface area contributed by atoms with Gasteiger partial charge in [0.15, 0.2) is 6.61 Å². The Labute approximate surface area is 168 Å². The number of ether oxygens (including phenoxy) is 1. The number of carbonyl (C=O) groups is 2. The van der Waals surface area contributed by atoms with Crippen molar-refractivity contribution < 1.29 is 14.3 Å². The van der Waals surface area contributed by atoms with Crippen molar-refractivity contribution in [2.75, 3.05) is 23.5 Å². The fraction of sp³-hybridized carbons (Fsp3) is 0.0909. The number of para-hydroxylation sites is 2. The third-order valence-corrected chi connectivity index (χ3v) is 4.60. The highest BCUT2D eigenvalue weighted by atomic mass is 32.2. The third kappa shape index (κ3) is 5.37. The van der Waals surface area contributed by atoms with Crippen molar-refractivity contribution in [3.8, 4) is 5.75 Å². The molecule has 2 N–H and O–H groups in total. The molecule has 0 heterocycles. The van der Waals surface area contributed by atoms with Gasteiger partial charge in [0.05, 0.1) is 5.56 Å². The molecule has 0 aliphatic heterocycles. The third-order valence-electron chi connectivity index (χ3n) is 3.88. The molecule has 0 bridgehead atoms. The van der Waals surface area contributed by atoms with E-state index in [0.717, 1.165) is 4.90 Å². The molecule has 0 saturated heterocycles. The molecule has 0 radical (unpaired) electrons. The zero-order valence-corrected chi connectivity index (χ0v) is 16.2. The number of carbonyl (C=O) groups excluding carboxylic acids is 2. The van der Waals surface area contributed by atoms with Crippen LogP contribution in [0.3, 0.4) is 0 Å². The van der Waals surface area contributed by atoms with Gasteiger partial charge in [-0.15, -0.1) is 11.8 Å². The van der Waals surface area contributed by atoms with Crippen LogP contribution in [0.2, 0.25) is 0 Å². The van der Waals surface area contributed by atoms with Gasteiger partial charge in [0.25, 0.3) is 11.8 Å². The molecule has 0 spiro atoms. The lowest BCUT2D eigenvalue weighted by Gasteiger charge is -2.12. The minimum Gasteiger partial charge on any atom is -0.483 e. The topological polar surface area (TPSA) is 67.4 Å². The van der Waals surface area contributed by atoms with Gasteiger partial charge in [-0.05, 0) is 48.7 Å². The smallest absolute Gasteiger partial charge is 0.262 e. The molecule has 0 aliphatic rings. The summed E-state index contributed by atoms with van der Waals surface area (Å²) in [6, 6.07) is 23.6. The maximum absolute atomic E-state index is 12.5. The second-order valence-electron chi connectivity index (χ2n) is 5.89. The van der Waals surface area contributed by atoms with Gasteiger partial charge in [0, 0.05) is 16.3 Å². The van der Waals surface area contributed by atoms with Crippen LogP contribution in [0.4, 0.5) is 11.4 Å². The van der Waals surface area contributed by atoms with Crippen LogP contribution in [-0.4, -0.2) is 24.7 Å². The van der Waals surface area contributed by atoms with Crippen LogP contribution in [0, 0.1) is 0 Å². The lowest BCUT2D eigenvalue weighted by molar-refractivity contribution is -0.118. The van der Waals surface area contributed by atoms with E-state index in [1.807, 2.05) is 48.7 Å². The number of thioether (sulfide) groups is 1. The number of hydrogen-bond donors (Lipinski definition) is 2. The number of nitrogens with one attached hydrogen (secondary N) is 2. The van der Waals surface area contributed by atoms with E-state index < -0.39 is 0 Å². The van der Waals surface area contributed by atoms with Gasteiger partial charge in [0.1, 0.15) is 5.75 Å². The zero-order chi connectivity index (χ0) is 19.8. The summed E-state index contributed by atoms with van der Waals surface area (Å²) in [7, 11) is 0. The first-order chi connectivity index (χ1) is 13.7. The van der Waals surface area contributed by atoms with E-state index in [1.165, 1.54) is 0 Å². The Hall–Kier alpha value is -3.25. The van der Waals surface area contributed by atoms with Gasteiger partial charge in [-0.3, -0.25) is 9.59 Å². The zero-order valence-electron chi connectivity index (χ0n) is 15.3. The van der Waals surface area contributed by atoms with Crippen LogP contribution >= 0.6 is 11.8 Å². The molecule has 6 heteroatoms. The van der Waals surface area contributed by atoms with Crippen molar-refractivity contribution >= 4 is 35.0 Å². The molecule has 5 nitrogen and oxygen atoms in total. The Morgan fingerprint density at radius 2 is 1.57 bits per heavy atom. The first kappa shape index (κ1) is 19.5. The summed E-state index contributed by atoms with van der Waals surface area (Å²) in [6.07, 6.45) is 1.97. The molecular weight excluding hydrogens is 372 g/mol. The highest BCUT2D eigenvalue weighted by Crippen LogP contribution is 2.21. The Morgan fingerprint density at radius 3 is 2.36 bits per heavy atom. The number of amides is 2. The van der Waals surface area contributed by atoms with Crippen LogP contribution in [0.15, 0.2) is 83.8 Å². The molecule has 3 aromatic carbocycles. The second-order valence-corrected chi connectivity index (χ2v) is 6.76. The van der Waals surface area contributed by atoms with E-state index >= 15 is 0 Å². The van der Waals surface area contributed by atoms with Gasteiger partial charge in [-0.25, -0.2) is 0 Å². The van der Waals surface area contributed by atoms with E-state index in [1.54, 1.807) is 48.2 Å². The highest BCUT2D eigenvalue weighted by Gasteiger charge is 2.13. The fourth-order valence-corrected chi connectivity index (χ4v) is 3.00. The lowest BCUT2D eigenvalue weighted by Crippen LogP contribution is -2.21. The number of hydrogen-bond acceptors (Lipinski definition) is 4. The predicted molar refractivity (Wildman–Crippen MR) is 113 cm³/mol. The van der Waals surface area contributed by atoms with E-state index in [-0.39, 0.29) is 18.4 Å². The summed E-state index contributed by atoms with van der Waals surface area (Å²) in [4.78, 5) is 25.8. The van der Waals surface area contributed by atoms with E-state index in [2.05, 4.69) is 10.6 Å². The van der Waals surface area contributed by atoms with Crippen LogP contribution in [0.1, 0.15) is 10.4 Å². The summed E-state index contributed by atoms with van der Waals surface area (Å²) in [5, 5.41) is 5.61. The molecule has 0 saturated carbocycles. The summed E-state index contributed by atoms with van der Waals surface area (Å²) >= 11 is 1.60. The molecule has 28 heavy (non-hydrogen) atoms. The summed E-state index contributed by atoms with van der Waals surface area (Å²) < 4.78 is 5.61. The highest BCUT2D eigenvalue weighted by molar-refractivity contribution is 7.98. The molecule has 3 aromatic rings. The largest absolute Gasteiger partial charge is 0.483 e. The molecule has 142 valence electrons.